The van der Waals surface area contributed by atoms with E-state index < -0.39 is 18.0 Å². The average Bonchev–Trinajstić information content (AvgIpc) is 2.80. The number of thioether (sulfide) groups is 1. The van der Waals surface area contributed by atoms with Crippen molar-refractivity contribution in [2.24, 2.45) is 0 Å². The second-order valence-corrected chi connectivity index (χ2v) is 7.92. The molecule has 0 spiro atoms. The van der Waals surface area contributed by atoms with Crippen molar-refractivity contribution in [3.63, 3.8) is 0 Å². The van der Waals surface area contributed by atoms with Crippen LogP contribution < -0.4 is 9.47 Å². The zero-order valence-electron chi connectivity index (χ0n) is 18.1. The number of esters is 2. The zero-order chi connectivity index (χ0) is 22.5. The molecule has 1 aliphatic heterocycles. The van der Waals surface area contributed by atoms with Gasteiger partial charge >= 0.3 is 11.9 Å². The fourth-order valence-electron chi connectivity index (χ4n) is 3.61. The molecule has 0 N–H and O–H groups in total. The van der Waals surface area contributed by atoms with Crippen LogP contribution in [0.25, 0.3) is 0 Å². The smallest absolute Gasteiger partial charge is 0.345 e. The van der Waals surface area contributed by atoms with Gasteiger partial charge in [0.25, 0.3) is 0 Å². The van der Waals surface area contributed by atoms with Gasteiger partial charge in [-0.2, -0.15) is 0 Å². The Morgan fingerprint density at radius 3 is 2.13 bits per heavy atom. The molecule has 2 aromatic carbocycles. The number of carbonyl (C=O) groups excluding carboxylic acids is 2. The second-order valence-electron chi connectivity index (χ2n) is 6.87. The maximum atomic E-state index is 13.0. The molecule has 164 valence electrons. The van der Waals surface area contributed by atoms with Gasteiger partial charge in [-0.3, -0.25) is 4.90 Å². The van der Waals surface area contributed by atoms with Crippen molar-refractivity contribution >= 4 is 23.7 Å². The van der Waals surface area contributed by atoms with Gasteiger partial charge in [0.15, 0.2) is 11.5 Å². The number of methoxy groups -OCH3 is 4. The molecule has 0 radical (unpaired) electrons. The summed E-state index contributed by atoms with van der Waals surface area (Å²) in [4.78, 5) is 28.7. The summed E-state index contributed by atoms with van der Waals surface area (Å²) in [5.41, 5.74) is 2.02. The molecule has 31 heavy (non-hydrogen) atoms. The third kappa shape index (κ3) is 4.55. The lowest BCUT2D eigenvalue weighted by Gasteiger charge is -2.33. The monoisotopic (exact) mass is 443 g/mol. The van der Waals surface area contributed by atoms with Crippen LogP contribution in [0.4, 0.5) is 0 Å². The summed E-state index contributed by atoms with van der Waals surface area (Å²) in [6.45, 7) is 0.497. The van der Waals surface area contributed by atoms with Crippen molar-refractivity contribution in [1.29, 1.82) is 0 Å². The van der Waals surface area contributed by atoms with E-state index in [1.54, 1.807) is 20.3 Å². The minimum absolute atomic E-state index is 0.170. The maximum absolute atomic E-state index is 13.0. The minimum Gasteiger partial charge on any atom is -0.493 e. The second kappa shape index (κ2) is 9.89. The molecule has 1 unspecified atom stereocenters. The van der Waals surface area contributed by atoms with Crippen LogP contribution in [0.1, 0.15) is 17.2 Å². The summed E-state index contributed by atoms with van der Waals surface area (Å²) >= 11 is 1.17. The predicted molar refractivity (Wildman–Crippen MR) is 117 cm³/mol. The van der Waals surface area contributed by atoms with E-state index in [0.29, 0.717) is 18.0 Å². The van der Waals surface area contributed by atoms with Gasteiger partial charge in [-0.15, -0.1) is 0 Å². The van der Waals surface area contributed by atoms with Crippen LogP contribution in [0, 0.1) is 0 Å². The number of ether oxygens (including phenoxy) is 4. The molecule has 8 heteroatoms. The van der Waals surface area contributed by atoms with E-state index in [2.05, 4.69) is 0 Å². The van der Waals surface area contributed by atoms with Gasteiger partial charge in [0.05, 0.1) is 40.1 Å². The molecule has 0 aromatic heterocycles. The first-order valence-electron chi connectivity index (χ1n) is 9.53. The van der Waals surface area contributed by atoms with Crippen molar-refractivity contribution < 1.29 is 28.5 Å². The Labute approximate surface area is 185 Å². The van der Waals surface area contributed by atoms with Crippen LogP contribution in [0.15, 0.2) is 57.8 Å². The Hall–Kier alpha value is -2.97. The third-order valence-electron chi connectivity index (χ3n) is 5.05. The number of fused-ring (bicyclic) bond motifs is 1. The number of hydrogen-bond donors (Lipinski definition) is 0. The molecule has 0 saturated heterocycles. The van der Waals surface area contributed by atoms with Crippen molar-refractivity contribution in [2.75, 3.05) is 35.5 Å². The Balaban J connectivity index is 2.31. The molecule has 1 aliphatic rings. The molecule has 1 heterocycles. The summed E-state index contributed by atoms with van der Waals surface area (Å²) in [6.07, 6.45) is 0. The van der Waals surface area contributed by atoms with Crippen molar-refractivity contribution in [1.82, 2.24) is 4.90 Å². The van der Waals surface area contributed by atoms with Gasteiger partial charge in [0, 0.05) is 11.4 Å². The molecule has 2 aromatic rings. The molecule has 7 nitrogen and oxygen atoms in total. The van der Waals surface area contributed by atoms with E-state index in [0.717, 1.165) is 16.0 Å². The highest BCUT2D eigenvalue weighted by Crippen LogP contribution is 2.45. The highest BCUT2D eigenvalue weighted by Gasteiger charge is 2.36. The zero-order valence-corrected chi connectivity index (χ0v) is 18.9. The molecular weight excluding hydrogens is 418 g/mol. The molecule has 0 amide bonds. The van der Waals surface area contributed by atoms with Gasteiger partial charge in [-0.1, -0.05) is 42.1 Å². The normalized spacial score (nSPS) is 18.9. The van der Waals surface area contributed by atoms with E-state index in [1.807, 2.05) is 48.3 Å². The van der Waals surface area contributed by atoms with Crippen LogP contribution >= 0.6 is 11.8 Å². The number of rotatable bonds is 5. The third-order valence-corrected chi connectivity index (χ3v) is 6.24. The van der Waals surface area contributed by atoms with E-state index in [9.17, 15) is 9.59 Å². The summed E-state index contributed by atoms with van der Waals surface area (Å²) in [6, 6.07) is 12.7. The van der Waals surface area contributed by atoms with Gasteiger partial charge in [-0.25, -0.2) is 9.59 Å². The van der Waals surface area contributed by atoms with E-state index in [1.165, 1.54) is 26.0 Å². The van der Waals surface area contributed by atoms with Gasteiger partial charge in [-0.05, 0) is 30.3 Å². The molecule has 0 bridgehead atoms. The molecular formula is C23H25NO6S. The summed E-state index contributed by atoms with van der Waals surface area (Å²) in [7, 11) is 7.61. The lowest BCUT2D eigenvalue weighted by atomic mass is 9.95. The fourth-order valence-corrected chi connectivity index (χ4v) is 4.72. The minimum atomic E-state index is -0.609. The van der Waals surface area contributed by atoms with Gasteiger partial charge in [0.1, 0.15) is 4.91 Å². The van der Waals surface area contributed by atoms with Crippen molar-refractivity contribution in [2.45, 2.75) is 17.5 Å². The number of carbonyl (C=O) groups is 2. The van der Waals surface area contributed by atoms with E-state index in [4.69, 9.17) is 18.9 Å². The number of likely N-dealkylation sites (N-methyl/N-ethyl adjacent to an activating group) is 1. The molecule has 3 rings (SSSR count). The maximum Gasteiger partial charge on any atom is 0.345 e. The van der Waals surface area contributed by atoms with Crippen LogP contribution in [-0.2, 0) is 25.6 Å². The van der Waals surface area contributed by atoms with Crippen LogP contribution in [0.3, 0.4) is 0 Å². The first kappa shape index (κ1) is 22.7. The largest absolute Gasteiger partial charge is 0.493 e. The predicted octanol–water partition coefficient (Wildman–Crippen LogP) is 3.58. The van der Waals surface area contributed by atoms with Crippen LogP contribution in [0.5, 0.6) is 11.5 Å². The van der Waals surface area contributed by atoms with Gasteiger partial charge in [0.2, 0.25) is 0 Å². The highest BCUT2D eigenvalue weighted by atomic mass is 32.2. The van der Waals surface area contributed by atoms with E-state index in [-0.39, 0.29) is 10.5 Å². The SMILES string of the molecule is COC(=O)/C1=C(\C(=O)OC)C(c2ccccc2)N(C)Cc2cc(OC)c(OC)cc2S1. The first-order valence-corrected chi connectivity index (χ1v) is 10.4. The van der Waals surface area contributed by atoms with Crippen molar-refractivity contribution in [3.8, 4) is 11.5 Å². The lowest BCUT2D eigenvalue weighted by Crippen LogP contribution is -2.32. The number of benzene rings is 2. The molecule has 0 saturated carbocycles. The standard InChI is InChI=1S/C23H25NO6S/c1-24-13-15-11-16(27-2)17(28-3)12-18(15)31-21(23(26)30-5)19(22(25)29-4)20(24)14-9-7-6-8-10-14/h6-12,20H,13H2,1-5H3/b21-19+. The Bertz CT molecular complexity index is 1000. The van der Waals surface area contributed by atoms with Crippen molar-refractivity contribution in [3.05, 3.63) is 64.1 Å². The fraction of sp³-hybridized carbons (Fsp3) is 0.304. The molecule has 1 atom stereocenters. The Morgan fingerprint density at radius 2 is 1.55 bits per heavy atom. The topological polar surface area (TPSA) is 74.3 Å². The Morgan fingerprint density at radius 1 is 0.935 bits per heavy atom. The average molecular weight is 444 g/mol. The molecule has 0 fully saturated rings. The molecule has 0 aliphatic carbocycles. The number of hydrogen-bond acceptors (Lipinski definition) is 8. The summed E-state index contributed by atoms with van der Waals surface area (Å²) in [5, 5.41) is 0. The van der Waals surface area contributed by atoms with Crippen LogP contribution in [-0.4, -0.2) is 52.3 Å². The Kier molecular flexibility index (Phi) is 7.25. The van der Waals surface area contributed by atoms with Crippen LogP contribution in [0.2, 0.25) is 0 Å². The number of nitrogens with zero attached hydrogens (tertiary/aromatic N) is 1. The highest BCUT2D eigenvalue weighted by molar-refractivity contribution is 8.04. The lowest BCUT2D eigenvalue weighted by molar-refractivity contribution is -0.139. The van der Waals surface area contributed by atoms with Gasteiger partial charge < -0.3 is 18.9 Å². The summed E-state index contributed by atoms with van der Waals surface area (Å²) in [5.74, 6) is -0.0795. The van der Waals surface area contributed by atoms with E-state index >= 15 is 0 Å². The first-order chi connectivity index (χ1) is 14.9. The summed E-state index contributed by atoms with van der Waals surface area (Å²) < 4.78 is 21.0. The quantitative estimate of drug-likeness (QED) is 0.650.